The lowest BCUT2D eigenvalue weighted by Crippen LogP contribution is -1.66. The van der Waals surface area contributed by atoms with E-state index < -0.39 is 0 Å². The van der Waals surface area contributed by atoms with Gasteiger partial charge in [-0.05, 0) is 12.8 Å². The van der Waals surface area contributed by atoms with Crippen LogP contribution in [0.3, 0.4) is 0 Å². The van der Waals surface area contributed by atoms with Gasteiger partial charge >= 0.3 is 0 Å². The second-order valence-electron chi connectivity index (χ2n) is 1.19. The van der Waals surface area contributed by atoms with Gasteiger partial charge in [-0.25, -0.2) is 0 Å². The summed E-state index contributed by atoms with van der Waals surface area (Å²) in [7, 11) is 0. The molecule has 1 heteroatoms. The Hall–Kier alpha value is -0.230. The van der Waals surface area contributed by atoms with Crippen LogP contribution in [0.1, 0.15) is 6.42 Å². The van der Waals surface area contributed by atoms with Crippen LogP contribution >= 0.6 is 11.6 Å². The van der Waals surface area contributed by atoms with Gasteiger partial charge in [0.25, 0.3) is 0 Å². The van der Waals surface area contributed by atoms with Crippen LogP contribution < -0.4 is 0 Å². The van der Waals surface area contributed by atoms with E-state index in [1.807, 2.05) is 6.42 Å². The number of halogens is 1. The van der Waals surface area contributed by atoms with Crippen molar-refractivity contribution in [3.05, 3.63) is 30.7 Å². The maximum Gasteiger partial charge on any atom is 0.0115 e. The lowest BCUT2D eigenvalue weighted by Gasteiger charge is -1.85. The van der Waals surface area contributed by atoms with Gasteiger partial charge in [0.2, 0.25) is 0 Å². The molecule has 0 aromatic rings. The summed E-state index contributed by atoms with van der Waals surface area (Å²) >= 11 is 5.38. The molecule has 0 aromatic carbocycles. The number of allylic oxidation sites excluding steroid dienone is 2. The molecule has 1 radical (unpaired) electrons. The van der Waals surface area contributed by atoms with Crippen molar-refractivity contribution >= 4 is 11.6 Å². The zero-order chi connectivity index (χ0) is 5.70. The molecule has 0 rings (SSSR count). The molecule has 0 fully saturated rings. The van der Waals surface area contributed by atoms with Crippen molar-refractivity contribution in [3.8, 4) is 0 Å². The minimum Gasteiger partial charge on any atom is -0.103 e. The first kappa shape index (κ1) is 6.77. The second kappa shape index (κ2) is 3.94. The van der Waals surface area contributed by atoms with Gasteiger partial charge in [-0.15, -0.1) is 6.58 Å². The predicted molar refractivity (Wildman–Crippen MR) is 34.1 cm³/mol. The highest BCUT2D eigenvalue weighted by molar-refractivity contribution is 6.29. The van der Waals surface area contributed by atoms with E-state index in [2.05, 4.69) is 13.2 Å². The van der Waals surface area contributed by atoms with E-state index in [0.717, 1.165) is 6.42 Å². The first-order valence-electron chi connectivity index (χ1n) is 2.05. The van der Waals surface area contributed by atoms with Crippen LogP contribution in [-0.2, 0) is 0 Å². The molecule has 0 atom stereocenters. The van der Waals surface area contributed by atoms with Crippen molar-refractivity contribution in [2.75, 3.05) is 0 Å². The highest BCUT2D eigenvalue weighted by Gasteiger charge is 1.81. The molecule has 0 unspecified atom stereocenters. The Morgan fingerprint density at radius 1 is 1.71 bits per heavy atom. The molecule has 7 heavy (non-hydrogen) atoms. The molecule has 0 heterocycles. The third-order valence-electron chi connectivity index (χ3n) is 0.506. The van der Waals surface area contributed by atoms with Gasteiger partial charge in [0.15, 0.2) is 0 Å². The summed E-state index contributed by atoms with van der Waals surface area (Å²) in [4.78, 5) is 0. The Balaban J connectivity index is 2.97. The molecule has 0 aliphatic rings. The van der Waals surface area contributed by atoms with E-state index >= 15 is 0 Å². The summed E-state index contributed by atoms with van der Waals surface area (Å²) in [5, 5.41) is 0.653. The molecule has 0 bridgehead atoms. The largest absolute Gasteiger partial charge is 0.103 e. The molecule has 0 aliphatic carbocycles. The Kier molecular flexibility index (Phi) is 3.81. The van der Waals surface area contributed by atoms with E-state index in [4.69, 9.17) is 11.6 Å². The highest BCUT2D eigenvalue weighted by atomic mass is 35.5. The fourth-order valence-corrected chi connectivity index (χ4v) is 0.300. The third kappa shape index (κ3) is 5.77. The maximum absolute atomic E-state index is 5.38. The summed E-state index contributed by atoms with van der Waals surface area (Å²) < 4.78 is 0. The van der Waals surface area contributed by atoms with Crippen molar-refractivity contribution < 1.29 is 0 Å². The average Bonchev–Trinajstić information content (AvgIpc) is 1.61. The monoisotopic (exact) mass is 115 g/mol. The van der Waals surface area contributed by atoms with Gasteiger partial charge in [-0.1, -0.05) is 24.3 Å². The van der Waals surface area contributed by atoms with Crippen molar-refractivity contribution in [2.45, 2.75) is 6.42 Å². The smallest absolute Gasteiger partial charge is 0.0115 e. The van der Waals surface area contributed by atoms with E-state index in [0.29, 0.717) is 5.03 Å². The topological polar surface area (TPSA) is 0 Å². The lowest BCUT2D eigenvalue weighted by molar-refractivity contribution is 1.27. The average molecular weight is 116 g/mol. The van der Waals surface area contributed by atoms with Crippen LogP contribution in [0.15, 0.2) is 24.3 Å². The standard InChI is InChI=1S/C6H8Cl/c1-3-4-5-6(2)7/h3-4H,1-2,5H2. The quantitative estimate of drug-likeness (QED) is 0.530. The minimum absolute atomic E-state index is 0.653. The van der Waals surface area contributed by atoms with Crippen LogP contribution in [0.5, 0.6) is 0 Å². The molecule has 0 spiro atoms. The molecular formula is C6H8Cl. The van der Waals surface area contributed by atoms with Gasteiger partial charge in [0.1, 0.15) is 0 Å². The Labute approximate surface area is 49.5 Å². The second-order valence-corrected chi connectivity index (χ2v) is 1.73. The Morgan fingerprint density at radius 3 is 2.43 bits per heavy atom. The van der Waals surface area contributed by atoms with Gasteiger partial charge in [0.05, 0.1) is 0 Å². The molecule has 39 valence electrons. The maximum atomic E-state index is 5.38. The Bertz CT molecular complexity index is 74.2. The van der Waals surface area contributed by atoms with Crippen LogP contribution in [0, 0.1) is 6.42 Å². The van der Waals surface area contributed by atoms with E-state index in [-0.39, 0.29) is 0 Å². The summed E-state index contributed by atoms with van der Waals surface area (Å²) in [6, 6.07) is 0. The zero-order valence-corrected chi connectivity index (χ0v) is 4.91. The zero-order valence-electron chi connectivity index (χ0n) is 4.15. The lowest BCUT2D eigenvalue weighted by atomic mass is 10.3. The molecule has 0 saturated heterocycles. The van der Waals surface area contributed by atoms with Gasteiger partial charge < -0.3 is 0 Å². The van der Waals surface area contributed by atoms with Crippen LogP contribution in [0.2, 0.25) is 0 Å². The van der Waals surface area contributed by atoms with Gasteiger partial charge in [-0.2, -0.15) is 0 Å². The summed E-state index contributed by atoms with van der Waals surface area (Å²) in [5.74, 6) is 0. The molecule has 0 aromatic heterocycles. The van der Waals surface area contributed by atoms with Crippen LogP contribution in [0.4, 0.5) is 0 Å². The van der Waals surface area contributed by atoms with Crippen molar-refractivity contribution in [3.63, 3.8) is 0 Å². The first-order chi connectivity index (χ1) is 3.27. The SMILES string of the molecule is C=C[CH]CC(=C)Cl. The molecular weight excluding hydrogens is 108 g/mol. The number of rotatable bonds is 3. The number of hydrogen-bond acceptors (Lipinski definition) is 0. The van der Waals surface area contributed by atoms with Gasteiger partial charge in [0, 0.05) is 5.03 Å². The number of hydrogen-bond donors (Lipinski definition) is 0. The Morgan fingerprint density at radius 2 is 2.29 bits per heavy atom. The van der Waals surface area contributed by atoms with Crippen molar-refractivity contribution in [1.29, 1.82) is 0 Å². The molecule has 0 aliphatic heterocycles. The summed E-state index contributed by atoms with van der Waals surface area (Å²) in [6.45, 7) is 6.96. The van der Waals surface area contributed by atoms with Crippen LogP contribution in [0.25, 0.3) is 0 Å². The fourth-order valence-electron chi connectivity index (χ4n) is 0.211. The molecule has 0 saturated carbocycles. The minimum atomic E-state index is 0.653. The van der Waals surface area contributed by atoms with Crippen molar-refractivity contribution in [1.82, 2.24) is 0 Å². The van der Waals surface area contributed by atoms with Crippen molar-refractivity contribution in [2.24, 2.45) is 0 Å². The van der Waals surface area contributed by atoms with Crippen LogP contribution in [-0.4, -0.2) is 0 Å². The molecule has 0 N–H and O–H groups in total. The summed E-state index contributed by atoms with van der Waals surface area (Å²) in [5.41, 5.74) is 0. The van der Waals surface area contributed by atoms with E-state index in [9.17, 15) is 0 Å². The first-order valence-corrected chi connectivity index (χ1v) is 2.42. The highest BCUT2D eigenvalue weighted by Crippen LogP contribution is 2.04. The molecule has 0 amide bonds. The summed E-state index contributed by atoms with van der Waals surface area (Å²) in [6.07, 6.45) is 4.29. The van der Waals surface area contributed by atoms with E-state index in [1.54, 1.807) is 6.08 Å². The molecule has 0 nitrogen and oxygen atoms in total. The van der Waals surface area contributed by atoms with E-state index in [1.165, 1.54) is 0 Å². The fraction of sp³-hybridized carbons (Fsp3) is 0.167. The third-order valence-corrected chi connectivity index (χ3v) is 0.660. The normalized spacial score (nSPS) is 8.14. The predicted octanol–water partition coefficient (Wildman–Crippen LogP) is 2.52. The van der Waals surface area contributed by atoms with Gasteiger partial charge in [-0.3, -0.25) is 0 Å².